The van der Waals surface area contributed by atoms with Gasteiger partial charge in [0.1, 0.15) is 0 Å². The average Bonchev–Trinajstić information content (AvgIpc) is 2.47. The van der Waals surface area contributed by atoms with Gasteiger partial charge in [0.25, 0.3) is 11.8 Å². The maximum absolute atomic E-state index is 12.7. The van der Waals surface area contributed by atoms with Crippen LogP contribution >= 0.6 is 0 Å². The number of amides is 3. The molecule has 0 spiro atoms. The SMILES string of the molecule is CCCN1C(=O)c2ccccc2C(CC(N)=O)(C(=O)O)C1=O. The lowest BCUT2D eigenvalue weighted by Gasteiger charge is -2.38. The number of benzene rings is 1. The van der Waals surface area contributed by atoms with Crippen molar-refractivity contribution in [1.29, 1.82) is 0 Å². The van der Waals surface area contributed by atoms with Crippen LogP contribution in [0.2, 0.25) is 0 Å². The highest BCUT2D eigenvalue weighted by Gasteiger charge is 2.56. The van der Waals surface area contributed by atoms with Crippen molar-refractivity contribution in [2.75, 3.05) is 6.54 Å². The van der Waals surface area contributed by atoms with Crippen molar-refractivity contribution in [3.8, 4) is 0 Å². The summed E-state index contributed by atoms with van der Waals surface area (Å²) in [6, 6.07) is 5.93. The first-order chi connectivity index (χ1) is 10.4. The third kappa shape index (κ3) is 2.14. The number of nitrogens with zero attached hydrogens (tertiary/aromatic N) is 1. The first-order valence-electron chi connectivity index (χ1n) is 6.83. The van der Waals surface area contributed by atoms with Gasteiger partial charge in [0.15, 0.2) is 5.41 Å². The number of imide groups is 1. The van der Waals surface area contributed by atoms with E-state index in [0.29, 0.717) is 6.42 Å². The second kappa shape index (κ2) is 5.59. The zero-order valence-corrected chi connectivity index (χ0v) is 12.0. The van der Waals surface area contributed by atoms with Gasteiger partial charge in [-0.05, 0) is 18.1 Å². The molecule has 1 unspecified atom stereocenters. The van der Waals surface area contributed by atoms with Gasteiger partial charge in [0, 0.05) is 12.1 Å². The van der Waals surface area contributed by atoms with Crippen molar-refractivity contribution in [3.05, 3.63) is 35.4 Å². The predicted octanol–water partition coefficient (Wildman–Crippen LogP) is 0.277. The number of fused-ring (bicyclic) bond motifs is 1. The van der Waals surface area contributed by atoms with Crippen LogP contribution in [-0.4, -0.2) is 40.2 Å². The third-order valence-corrected chi connectivity index (χ3v) is 3.72. The average molecular weight is 304 g/mol. The summed E-state index contributed by atoms with van der Waals surface area (Å²) in [4.78, 5) is 49.3. The fraction of sp³-hybridized carbons (Fsp3) is 0.333. The van der Waals surface area contributed by atoms with E-state index in [0.717, 1.165) is 4.90 Å². The maximum atomic E-state index is 12.7. The summed E-state index contributed by atoms with van der Waals surface area (Å²) in [7, 11) is 0. The summed E-state index contributed by atoms with van der Waals surface area (Å²) in [6.07, 6.45) is -0.211. The van der Waals surface area contributed by atoms with E-state index in [9.17, 15) is 24.3 Å². The Morgan fingerprint density at radius 2 is 1.91 bits per heavy atom. The molecular formula is C15H16N2O5. The molecule has 7 heteroatoms. The van der Waals surface area contributed by atoms with Gasteiger partial charge < -0.3 is 10.8 Å². The van der Waals surface area contributed by atoms with Crippen molar-refractivity contribution in [2.45, 2.75) is 25.2 Å². The van der Waals surface area contributed by atoms with Crippen LogP contribution in [0.4, 0.5) is 0 Å². The molecular weight excluding hydrogens is 288 g/mol. The van der Waals surface area contributed by atoms with E-state index in [1.165, 1.54) is 18.2 Å². The van der Waals surface area contributed by atoms with Crippen LogP contribution in [0, 0.1) is 0 Å². The molecule has 1 aromatic rings. The van der Waals surface area contributed by atoms with E-state index in [4.69, 9.17) is 5.73 Å². The van der Waals surface area contributed by atoms with E-state index in [-0.39, 0.29) is 17.7 Å². The van der Waals surface area contributed by atoms with Gasteiger partial charge in [-0.15, -0.1) is 0 Å². The molecule has 0 aliphatic carbocycles. The van der Waals surface area contributed by atoms with Crippen LogP contribution in [0.25, 0.3) is 0 Å². The zero-order valence-electron chi connectivity index (χ0n) is 12.0. The van der Waals surface area contributed by atoms with Crippen LogP contribution in [0.15, 0.2) is 24.3 Å². The van der Waals surface area contributed by atoms with Crippen LogP contribution in [0.3, 0.4) is 0 Å². The molecule has 0 bridgehead atoms. The van der Waals surface area contributed by atoms with Gasteiger partial charge in [0.2, 0.25) is 5.91 Å². The second-order valence-corrected chi connectivity index (χ2v) is 5.16. The predicted molar refractivity (Wildman–Crippen MR) is 75.9 cm³/mol. The lowest BCUT2D eigenvalue weighted by atomic mass is 9.71. The highest BCUT2D eigenvalue weighted by Crippen LogP contribution is 2.38. The molecule has 7 nitrogen and oxygen atoms in total. The molecule has 0 fully saturated rings. The van der Waals surface area contributed by atoms with Gasteiger partial charge in [-0.1, -0.05) is 25.1 Å². The summed E-state index contributed by atoms with van der Waals surface area (Å²) in [5.74, 6) is -3.87. The molecule has 22 heavy (non-hydrogen) atoms. The Kier molecular flexibility index (Phi) is 3.99. The largest absolute Gasteiger partial charge is 0.480 e. The van der Waals surface area contributed by atoms with Gasteiger partial charge in [-0.3, -0.25) is 24.1 Å². The molecule has 1 atom stereocenters. The Morgan fingerprint density at radius 3 is 2.45 bits per heavy atom. The number of carboxylic acid groups (broad SMARTS) is 1. The Balaban J connectivity index is 2.76. The molecule has 1 aliphatic rings. The van der Waals surface area contributed by atoms with Crippen LogP contribution in [0.1, 0.15) is 35.7 Å². The Bertz CT molecular complexity index is 670. The number of hydrogen-bond acceptors (Lipinski definition) is 4. The molecule has 3 N–H and O–H groups in total. The van der Waals surface area contributed by atoms with E-state index in [1.807, 2.05) is 0 Å². The van der Waals surface area contributed by atoms with Crippen molar-refractivity contribution in [1.82, 2.24) is 4.90 Å². The second-order valence-electron chi connectivity index (χ2n) is 5.16. The Labute approximate surface area is 126 Å². The highest BCUT2D eigenvalue weighted by molar-refractivity contribution is 6.22. The van der Waals surface area contributed by atoms with Crippen LogP contribution in [-0.2, 0) is 19.8 Å². The normalized spacial score (nSPS) is 20.7. The topological polar surface area (TPSA) is 118 Å². The zero-order chi connectivity index (χ0) is 16.5. The smallest absolute Gasteiger partial charge is 0.324 e. The van der Waals surface area contributed by atoms with Gasteiger partial charge in [-0.2, -0.15) is 0 Å². The minimum absolute atomic E-state index is 0.0173. The van der Waals surface area contributed by atoms with Crippen LogP contribution < -0.4 is 5.73 Å². The molecule has 0 radical (unpaired) electrons. The van der Waals surface area contributed by atoms with Gasteiger partial charge in [0.05, 0.1) is 6.42 Å². The van der Waals surface area contributed by atoms with Crippen molar-refractivity contribution in [3.63, 3.8) is 0 Å². The molecule has 2 rings (SSSR count). The van der Waals surface area contributed by atoms with E-state index in [1.54, 1.807) is 13.0 Å². The van der Waals surface area contributed by atoms with Crippen molar-refractivity contribution < 1.29 is 24.3 Å². The standard InChI is InChI=1S/C15H16N2O5/c1-2-7-17-12(19)9-5-3-4-6-10(9)15(13(17)20,14(21)22)8-11(16)18/h3-6H,2,7-8H2,1H3,(H2,16,18)(H,21,22). The third-order valence-electron chi connectivity index (χ3n) is 3.72. The van der Waals surface area contributed by atoms with E-state index in [2.05, 4.69) is 0 Å². The number of nitrogens with two attached hydrogens (primary N) is 1. The molecule has 0 saturated carbocycles. The summed E-state index contributed by atoms with van der Waals surface area (Å²) >= 11 is 0. The number of aliphatic carboxylic acids is 1. The number of hydrogen-bond donors (Lipinski definition) is 2. The van der Waals surface area contributed by atoms with E-state index < -0.39 is 35.5 Å². The van der Waals surface area contributed by atoms with Gasteiger partial charge in [-0.25, -0.2) is 0 Å². The summed E-state index contributed by atoms with van der Waals surface area (Å²) in [6.45, 7) is 1.84. The Morgan fingerprint density at radius 1 is 1.27 bits per heavy atom. The quantitative estimate of drug-likeness (QED) is 0.598. The fourth-order valence-corrected chi connectivity index (χ4v) is 2.77. The lowest BCUT2D eigenvalue weighted by Crippen LogP contribution is -2.59. The monoisotopic (exact) mass is 304 g/mol. The van der Waals surface area contributed by atoms with E-state index >= 15 is 0 Å². The minimum atomic E-state index is -2.15. The summed E-state index contributed by atoms with van der Waals surface area (Å²) in [5.41, 5.74) is 3.14. The number of carbonyl (C=O) groups excluding carboxylic acids is 3. The fourth-order valence-electron chi connectivity index (χ4n) is 2.77. The molecule has 1 heterocycles. The number of carboxylic acids is 1. The molecule has 0 saturated heterocycles. The maximum Gasteiger partial charge on any atom is 0.324 e. The summed E-state index contributed by atoms with van der Waals surface area (Å²) in [5, 5.41) is 9.66. The Hall–Kier alpha value is -2.70. The first-order valence-corrected chi connectivity index (χ1v) is 6.83. The molecule has 0 aromatic heterocycles. The van der Waals surface area contributed by atoms with Crippen molar-refractivity contribution in [2.24, 2.45) is 5.73 Å². The molecule has 1 aromatic carbocycles. The minimum Gasteiger partial charge on any atom is -0.480 e. The van der Waals surface area contributed by atoms with Crippen molar-refractivity contribution >= 4 is 23.7 Å². The number of carbonyl (C=O) groups is 4. The molecule has 1 aliphatic heterocycles. The highest BCUT2D eigenvalue weighted by atomic mass is 16.4. The number of primary amides is 1. The van der Waals surface area contributed by atoms with Gasteiger partial charge >= 0.3 is 5.97 Å². The first kappa shape index (κ1) is 15.7. The lowest BCUT2D eigenvalue weighted by molar-refractivity contribution is -0.155. The molecule has 116 valence electrons. The summed E-state index contributed by atoms with van der Waals surface area (Å²) < 4.78 is 0. The van der Waals surface area contributed by atoms with Crippen LogP contribution in [0.5, 0.6) is 0 Å². The number of rotatable bonds is 5. The molecule has 3 amide bonds.